The van der Waals surface area contributed by atoms with Gasteiger partial charge in [-0.2, -0.15) is 0 Å². The molecule has 1 aliphatic rings. The molecule has 2 rings (SSSR count). The molecule has 0 bridgehead atoms. The van der Waals surface area contributed by atoms with Crippen molar-refractivity contribution in [2.75, 3.05) is 51.3 Å². The first-order valence-electron chi connectivity index (χ1n) is 7.95. The van der Waals surface area contributed by atoms with Gasteiger partial charge in [0, 0.05) is 52.1 Å². The lowest BCUT2D eigenvalue weighted by atomic mass is 10.1. The molecule has 1 aromatic carbocycles. The summed E-state index contributed by atoms with van der Waals surface area (Å²) < 4.78 is 4.98. The minimum absolute atomic E-state index is 0.0383. The van der Waals surface area contributed by atoms with Crippen LogP contribution < -0.4 is 10.2 Å². The van der Waals surface area contributed by atoms with Gasteiger partial charge in [0.25, 0.3) is 0 Å². The quantitative estimate of drug-likeness (QED) is 0.848. The van der Waals surface area contributed by atoms with Crippen LogP contribution in [0.15, 0.2) is 18.2 Å². The molecule has 1 N–H and O–H groups in total. The van der Waals surface area contributed by atoms with Gasteiger partial charge in [0.1, 0.15) is 0 Å². The Kier molecular flexibility index (Phi) is 6.07. The van der Waals surface area contributed by atoms with Gasteiger partial charge in [-0.1, -0.05) is 17.7 Å². The Morgan fingerprint density at radius 2 is 1.95 bits per heavy atom. The zero-order valence-corrected chi connectivity index (χ0v) is 13.9. The van der Waals surface area contributed by atoms with Crippen molar-refractivity contribution in [1.29, 1.82) is 0 Å². The monoisotopic (exact) mass is 305 g/mol. The van der Waals surface area contributed by atoms with Crippen LogP contribution >= 0.6 is 0 Å². The zero-order valence-electron chi connectivity index (χ0n) is 13.9. The summed E-state index contributed by atoms with van der Waals surface area (Å²) in [5.41, 5.74) is 3.87. The lowest BCUT2D eigenvalue weighted by Gasteiger charge is -2.36. The zero-order chi connectivity index (χ0) is 15.9. The van der Waals surface area contributed by atoms with E-state index in [9.17, 15) is 4.79 Å². The highest BCUT2D eigenvalue weighted by molar-refractivity contribution is 5.74. The molecule has 0 spiro atoms. The number of rotatable bonds is 5. The predicted octanol–water partition coefficient (Wildman–Crippen LogP) is 2.17. The maximum Gasteiger partial charge on any atom is 0.317 e. The van der Waals surface area contributed by atoms with E-state index in [1.807, 2.05) is 4.90 Å². The summed E-state index contributed by atoms with van der Waals surface area (Å²) in [5.74, 6) is 0. The molecule has 1 aromatic rings. The summed E-state index contributed by atoms with van der Waals surface area (Å²) in [5, 5.41) is 2.95. The van der Waals surface area contributed by atoms with E-state index in [4.69, 9.17) is 4.74 Å². The van der Waals surface area contributed by atoms with E-state index in [-0.39, 0.29) is 6.03 Å². The Bertz CT molecular complexity index is 497. The number of nitrogens with zero attached hydrogens (tertiary/aromatic N) is 2. The standard InChI is InChI=1S/C17H27N3O2/c1-14-5-6-16(15(2)13-14)19-8-10-20(11-9-19)17(21)18-7-4-12-22-3/h5-6,13H,4,7-12H2,1-3H3,(H,18,21). The number of nitrogens with one attached hydrogen (secondary N) is 1. The van der Waals surface area contributed by atoms with Crippen LogP contribution in [0.2, 0.25) is 0 Å². The van der Waals surface area contributed by atoms with Crippen LogP contribution in [-0.4, -0.2) is 57.4 Å². The highest BCUT2D eigenvalue weighted by atomic mass is 16.5. The fourth-order valence-corrected chi connectivity index (χ4v) is 2.83. The summed E-state index contributed by atoms with van der Waals surface area (Å²) >= 11 is 0. The average Bonchev–Trinajstić information content (AvgIpc) is 2.52. The van der Waals surface area contributed by atoms with Gasteiger partial charge in [-0.25, -0.2) is 4.79 Å². The van der Waals surface area contributed by atoms with Gasteiger partial charge in [0.05, 0.1) is 0 Å². The van der Waals surface area contributed by atoms with Crippen molar-refractivity contribution in [3.63, 3.8) is 0 Å². The average molecular weight is 305 g/mol. The van der Waals surface area contributed by atoms with Crippen LogP contribution in [0.3, 0.4) is 0 Å². The molecule has 5 heteroatoms. The Morgan fingerprint density at radius 1 is 1.23 bits per heavy atom. The maximum absolute atomic E-state index is 12.1. The molecule has 5 nitrogen and oxygen atoms in total. The first-order chi connectivity index (χ1) is 10.6. The molecular formula is C17H27N3O2. The molecule has 0 atom stereocenters. The first-order valence-corrected chi connectivity index (χ1v) is 7.95. The second kappa shape index (κ2) is 8.03. The molecule has 122 valence electrons. The van der Waals surface area contributed by atoms with Gasteiger partial charge in [-0.3, -0.25) is 0 Å². The molecule has 0 aromatic heterocycles. The number of benzene rings is 1. The highest BCUT2D eigenvalue weighted by Crippen LogP contribution is 2.22. The minimum Gasteiger partial charge on any atom is -0.385 e. The van der Waals surface area contributed by atoms with Crippen LogP contribution in [0.5, 0.6) is 0 Å². The fraction of sp³-hybridized carbons (Fsp3) is 0.588. The van der Waals surface area contributed by atoms with Crippen molar-refractivity contribution >= 4 is 11.7 Å². The second-order valence-electron chi connectivity index (χ2n) is 5.84. The molecule has 0 saturated carbocycles. The highest BCUT2D eigenvalue weighted by Gasteiger charge is 2.21. The van der Waals surface area contributed by atoms with Gasteiger partial charge >= 0.3 is 6.03 Å². The second-order valence-corrected chi connectivity index (χ2v) is 5.84. The van der Waals surface area contributed by atoms with E-state index < -0.39 is 0 Å². The Labute approximate surface area is 133 Å². The third-order valence-corrected chi connectivity index (χ3v) is 4.06. The number of carbonyl (C=O) groups excluding carboxylic acids is 1. The van der Waals surface area contributed by atoms with Gasteiger partial charge in [0.2, 0.25) is 0 Å². The lowest BCUT2D eigenvalue weighted by molar-refractivity contribution is 0.183. The molecule has 1 fully saturated rings. The third-order valence-electron chi connectivity index (χ3n) is 4.06. The predicted molar refractivity (Wildman–Crippen MR) is 89.6 cm³/mol. The Balaban J connectivity index is 1.81. The number of piperazine rings is 1. The number of carbonyl (C=O) groups is 1. The Morgan fingerprint density at radius 3 is 2.59 bits per heavy atom. The molecule has 1 aliphatic heterocycles. The van der Waals surface area contributed by atoms with E-state index in [2.05, 4.69) is 42.3 Å². The lowest BCUT2D eigenvalue weighted by Crippen LogP contribution is -2.52. The molecule has 0 radical (unpaired) electrons. The van der Waals surface area contributed by atoms with Crippen molar-refractivity contribution in [3.05, 3.63) is 29.3 Å². The van der Waals surface area contributed by atoms with Crippen molar-refractivity contribution in [3.8, 4) is 0 Å². The van der Waals surface area contributed by atoms with Crippen molar-refractivity contribution in [2.45, 2.75) is 20.3 Å². The molecule has 1 saturated heterocycles. The topological polar surface area (TPSA) is 44.8 Å². The van der Waals surface area contributed by atoms with E-state index >= 15 is 0 Å². The van der Waals surface area contributed by atoms with Crippen LogP contribution in [-0.2, 0) is 4.74 Å². The molecule has 22 heavy (non-hydrogen) atoms. The number of hydrogen-bond acceptors (Lipinski definition) is 3. The largest absolute Gasteiger partial charge is 0.385 e. The molecular weight excluding hydrogens is 278 g/mol. The van der Waals surface area contributed by atoms with Gasteiger partial charge in [-0.15, -0.1) is 0 Å². The summed E-state index contributed by atoms with van der Waals surface area (Å²) in [6.45, 7) is 8.92. The maximum atomic E-state index is 12.1. The molecule has 0 aliphatic carbocycles. The molecule has 1 heterocycles. The number of amides is 2. The molecule has 0 unspecified atom stereocenters. The van der Waals surface area contributed by atoms with E-state index in [1.165, 1.54) is 16.8 Å². The van der Waals surface area contributed by atoms with E-state index in [1.54, 1.807) is 7.11 Å². The number of methoxy groups -OCH3 is 1. The fourth-order valence-electron chi connectivity index (χ4n) is 2.83. The van der Waals surface area contributed by atoms with Crippen molar-refractivity contribution in [1.82, 2.24) is 10.2 Å². The number of urea groups is 1. The Hall–Kier alpha value is -1.75. The summed E-state index contributed by atoms with van der Waals surface area (Å²) in [4.78, 5) is 16.3. The summed E-state index contributed by atoms with van der Waals surface area (Å²) in [6, 6.07) is 6.59. The van der Waals surface area contributed by atoms with Crippen LogP contribution in [0.25, 0.3) is 0 Å². The van der Waals surface area contributed by atoms with Gasteiger partial charge in [-0.05, 0) is 31.9 Å². The number of anilines is 1. The van der Waals surface area contributed by atoms with Crippen LogP contribution in [0.1, 0.15) is 17.5 Å². The van der Waals surface area contributed by atoms with Gasteiger partial charge in [0.15, 0.2) is 0 Å². The smallest absolute Gasteiger partial charge is 0.317 e. The van der Waals surface area contributed by atoms with E-state index in [0.717, 1.165) is 32.6 Å². The minimum atomic E-state index is 0.0383. The SMILES string of the molecule is COCCCNC(=O)N1CCN(c2ccc(C)cc2C)CC1. The number of ether oxygens (including phenoxy) is 1. The summed E-state index contributed by atoms with van der Waals surface area (Å²) in [7, 11) is 1.67. The summed E-state index contributed by atoms with van der Waals surface area (Å²) in [6.07, 6.45) is 0.852. The normalized spacial score (nSPS) is 15.0. The van der Waals surface area contributed by atoms with Crippen molar-refractivity contribution in [2.24, 2.45) is 0 Å². The van der Waals surface area contributed by atoms with Crippen molar-refractivity contribution < 1.29 is 9.53 Å². The van der Waals surface area contributed by atoms with Gasteiger partial charge < -0.3 is 19.9 Å². The number of aryl methyl sites for hydroxylation is 2. The third kappa shape index (κ3) is 4.37. The van der Waals surface area contributed by atoms with E-state index in [0.29, 0.717) is 13.2 Å². The number of hydrogen-bond donors (Lipinski definition) is 1. The molecule has 2 amide bonds. The van der Waals surface area contributed by atoms with Crippen LogP contribution in [0, 0.1) is 13.8 Å². The first kappa shape index (κ1) is 16.6. The van der Waals surface area contributed by atoms with Crippen LogP contribution in [0.4, 0.5) is 10.5 Å².